The zero-order valence-electron chi connectivity index (χ0n) is 15.1. The zero-order valence-corrected chi connectivity index (χ0v) is 15.9. The van der Waals surface area contributed by atoms with Gasteiger partial charge in [0.25, 0.3) is 11.7 Å². The van der Waals surface area contributed by atoms with Gasteiger partial charge >= 0.3 is 6.18 Å². The summed E-state index contributed by atoms with van der Waals surface area (Å²) in [5.41, 5.74) is 0.587. The highest BCUT2D eigenvalue weighted by molar-refractivity contribution is 7.13. The minimum absolute atomic E-state index is 0.120. The van der Waals surface area contributed by atoms with Crippen molar-refractivity contribution in [3.63, 3.8) is 0 Å². The molecule has 0 aliphatic heterocycles. The molecule has 0 radical (unpaired) electrons. The molecular weight excluding hydrogens is 403 g/mol. The van der Waals surface area contributed by atoms with Gasteiger partial charge in [-0.2, -0.15) is 22.7 Å². The second-order valence-electron chi connectivity index (χ2n) is 6.16. The van der Waals surface area contributed by atoms with Crippen LogP contribution in [0, 0.1) is 0 Å². The molecule has 1 aromatic carbocycles. The summed E-state index contributed by atoms with van der Waals surface area (Å²) >= 11 is 1.26. The van der Waals surface area contributed by atoms with Crippen molar-refractivity contribution in [1.82, 2.24) is 19.6 Å². The van der Waals surface area contributed by atoms with Crippen molar-refractivity contribution in [1.29, 1.82) is 0 Å². The van der Waals surface area contributed by atoms with Gasteiger partial charge < -0.3 is 5.32 Å². The molecule has 0 aliphatic carbocycles. The van der Waals surface area contributed by atoms with E-state index in [0.29, 0.717) is 15.1 Å². The molecule has 0 spiro atoms. The first-order valence-electron chi connectivity index (χ1n) is 8.64. The Bertz CT molecular complexity index is 1180. The highest BCUT2D eigenvalue weighted by atomic mass is 32.1. The molecule has 10 heteroatoms. The summed E-state index contributed by atoms with van der Waals surface area (Å²) in [5.74, 6) is -1.40. The lowest BCUT2D eigenvalue weighted by molar-refractivity contribution is -0.142. The number of aryl methyl sites for hydroxylation is 1. The average Bonchev–Trinajstić information content (AvgIpc) is 3.36. The van der Waals surface area contributed by atoms with Gasteiger partial charge in [0, 0.05) is 5.69 Å². The van der Waals surface area contributed by atoms with Crippen LogP contribution in [0.2, 0.25) is 0 Å². The van der Waals surface area contributed by atoms with Crippen molar-refractivity contribution >= 4 is 28.7 Å². The highest BCUT2D eigenvalue weighted by Gasteiger charge is 2.36. The van der Waals surface area contributed by atoms with Crippen LogP contribution in [0.25, 0.3) is 16.3 Å². The van der Waals surface area contributed by atoms with Gasteiger partial charge in [0.15, 0.2) is 5.69 Å². The number of carbonyl (C=O) groups is 1. The van der Waals surface area contributed by atoms with E-state index in [1.807, 2.05) is 13.0 Å². The smallest absolute Gasteiger partial charge is 0.319 e. The Morgan fingerprint density at radius 2 is 2.00 bits per heavy atom. The van der Waals surface area contributed by atoms with Gasteiger partial charge in [-0.15, -0.1) is 16.4 Å². The van der Waals surface area contributed by atoms with Crippen LogP contribution in [-0.4, -0.2) is 25.5 Å². The van der Waals surface area contributed by atoms with Crippen LogP contribution >= 0.6 is 11.3 Å². The van der Waals surface area contributed by atoms with Crippen LogP contribution in [0.5, 0.6) is 0 Å². The third-order valence-electron chi connectivity index (χ3n) is 4.17. The number of hydrogen-bond acceptors (Lipinski definition) is 5. The Kier molecular flexibility index (Phi) is 4.79. The van der Waals surface area contributed by atoms with Crippen LogP contribution in [0.3, 0.4) is 0 Å². The molecule has 0 bridgehead atoms. The second-order valence-corrected chi connectivity index (χ2v) is 7.10. The summed E-state index contributed by atoms with van der Waals surface area (Å²) in [6.45, 7) is 1.97. The Labute approximate surface area is 167 Å². The molecule has 0 unspecified atom stereocenters. The van der Waals surface area contributed by atoms with E-state index in [2.05, 4.69) is 20.4 Å². The maximum absolute atomic E-state index is 13.6. The number of fused-ring (bicyclic) bond motifs is 1. The second kappa shape index (κ2) is 7.28. The van der Waals surface area contributed by atoms with E-state index >= 15 is 0 Å². The molecule has 1 N–H and O–H groups in total. The van der Waals surface area contributed by atoms with E-state index < -0.39 is 23.6 Å². The maximum atomic E-state index is 13.6. The minimum Gasteiger partial charge on any atom is -0.319 e. The predicted octanol–water partition coefficient (Wildman–Crippen LogP) is 4.69. The molecule has 0 aliphatic rings. The number of rotatable bonds is 4. The number of halogens is 3. The van der Waals surface area contributed by atoms with Crippen molar-refractivity contribution < 1.29 is 18.0 Å². The van der Waals surface area contributed by atoms with Gasteiger partial charge in [0.2, 0.25) is 5.82 Å². The molecular formula is C19H14F3N5OS. The zero-order chi connectivity index (χ0) is 20.6. The summed E-state index contributed by atoms with van der Waals surface area (Å²) in [5, 5.41) is 8.10. The highest BCUT2D eigenvalue weighted by Crippen LogP contribution is 2.33. The van der Waals surface area contributed by atoms with Crippen molar-refractivity contribution in [2.75, 3.05) is 5.32 Å². The summed E-state index contributed by atoms with van der Waals surface area (Å²) in [6, 6.07) is 11.4. The van der Waals surface area contributed by atoms with Crippen molar-refractivity contribution in [3.05, 3.63) is 64.9 Å². The molecule has 0 saturated heterocycles. The number of anilines is 1. The standard InChI is InChI=1S/C19H14F3N5OS/c1-2-11-5-3-6-12(9-11)23-17(28)16-25-18-24-13(14-7-4-8-29-14)10-15(19(20,21)22)27(18)26-16/h3-10H,2H2,1H3,(H,23,28). The Hall–Kier alpha value is -3.27. The molecule has 29 heavy (non-hydrogen) atoms. The van der Waals surface area contributed by atoms with Gasteiger partial charge in [0.05, 0.1) is 10.6 Å². The number of carbonyl (C=O) groups excluding carboxylic acids is 1. The van der Waals surface area contributed by atoms with E-state index in [4.69, 9.17) is 0 Å². The molecule has 6 nitrogen and oxygen atoms in total. The lowest BCUT2D eigenvalue weighted by Gasteiger charge is -2.09. The quantitative estimate of drug-likeness (QED) is 0.523. The number of benzene rings is 1. The van der Waals surface area contributed by atoms with E-state index in [1.54, 1.807) is 35.7 Å². The molecule has 148 valence electrons. The molecule has 1 amide bonds. The van der Waals surface area contributed by atoms with Crippen molar-refractivity contribution in [3.8, 4) is 10.6 Å². The molecule has 0 fully saturated rings. The van der Waals surface area contributed by atoms with Crippen LogP contribution in [0.4, 0.5) is 18.9 Å². The first-order valence-corrected chi connectivity index (χ1v) is 9.52. The largest absolute Gasteiger partial charge is 0.433 e. The maximum Gasteiger partial charge on any atom is 0.433 e. The fourth-order valence-corrected chi connectivity index (χ4v) is 3.46. The summed E-state index contributed by atoms with van der Waals surface area (Å²) in [7, 11) is 0. The number of thiophene rings is 1. The molecule has 3 aromatic heterocycles. The number of aromatic nitrogens is 4. The van der Waals surface area contributed by atoms with Crippen molar-refractivity contribution in [2.24, 2.45) is 0 Å². The Morgan fingerprint density at radius 3 is 2.69 bits per heavy atom. The molecule has 0 saturated carbocycles. The Balaban J connectivity index is 1.75. The first-order chi connectivity index (χ1) is 13.8. The third-order valence-corrected chi connectivity index (χ3v) is 5.06. The predicted molar refractivity (Wildman–Crippen MR) is 103 cm³/mol. The van der Waals surface area contributed by atoms with E-state index in [1.165, 1.54) is 11.3 Å². The summed E-state index contributed by atoms with van der Waals surface area (Å²) in [4.78, 5) is 21.1. The molecule has 3 heterocycles. The topological polar surface area (TPSA) is 72.2 Å². The average molecular weight is 417 g/mol. The minimum atomic E-state index is -4.69. The van der Waals surface area contributed by atoms with Crippen LogP contribution in [0.1, 0.15) is 28.8 Å². The number of hydrogen-bond donors (Lipinski definition) is 1. The van der Waals surface area contributed by atoms with E-state index in [0.717, 1.165) is 18.1 Å². The summed E-state index contributed by atoms with van der Waals surface area (Å²) in [6.07, 6.45) is -3.91. The number of nitrogens with zero attached hydrogens (tertiary/aromatic N) is 4. The third kappa shape index (κ3) is 3.83. The number of alkyl halides is 3. The monoisotopic (exact) mass is 417 g/mol. The number of nitrogens with one attached hydrogen (secondary N) is 1. The lowest BCUT2D eigenvalue weighted by Crippen LogP contribution is -2.16. The van der Waals surface area contributed by atoms with Gasteiger partial charge in [-0.1, -0.05) is 25.1 Å². The van der Waals surface area contributed by atoms with E-state index in [-0.39, 0.29) is 11.5 Å². The Morgan fingerprint density at radius 1 is 1.17 bits per heavy atom. The van der Waals surface area contributed by atoms with E-state index in [9.17, 15) is 18.0 Å². The van der Waals surface area contributed by atoms with Crippen LogP contribution in [0.15, 0.2) is 47.8 Å². The molecule has 4 aromatic rings. The first kappa shape index (κ1) is 19.1. The fourth-order valence-electron chi connectivity index (χ4n) is 2.77. The van der Waals surface area contributed by atoms with Gasteiger partial charge in [-0.3, -0.25) is 4.79 Å². The van der Waals surface area contributed by atoms with Gasteiger partial charge in [-0.05, 0) is 41.6 Å². The van der Waals surface area contributed by atoms with Crippen LogP contribution < -0.4 is 5.32 Å². The normalized spacial score (nSPS) is 11.7. The van der Waals surface area contributed by atoms with Crippen LogP contribution in [-0.2, 0) is 12.6 Å². The SMILES string of the molecule is CCc1cccc(NC(=O)c2nc3nc(-c4cccs4)cc(C(F)(F)F)n3n2)c1. The fraction of sp³-hybridized carbons (Fsp3) is 0.158. The van der Waals surface area contributed by atoms with Crippen molar-refractivity contribution in [2.45, 2.75) is 19.5 Å². The number of amides is 1. The van der Waals surface area contributed by atoms with Gasteiger partial charge in [0.1, 0.15) is 0 Å². The van der Waals surface area contributed by atoms with Gasteiger partial charge in [-0.25, -0.2) is 4.98 Å². The summed E-state index contributed by atoms with van der Waals surface area (Å²) < 4.78 is 41.2. The molecule has 0 atom stereocenters. The molecule has 4 rings (SSSR count). The lowest BCUT2D eigenvalue weighted by atomic mass is 10.1.